The molecule has 5 nitrogen and oxygen atoms in total. The highest BCUT2D eigenvalue weighted by Crippen LogP contribution is 2.16. The van der Waals surface area contributed by atoms with E-state index in [-0.39, 0.29) is 24.2 Å². The Morgan fingerprint density at radius 3 is 2.15 bits per heavy atom. The molecule has 6 heteroatoms. The molecule has 2 amide bonds. The Morgan fingerprint density at radius 1 is 0.909 bits per heavy atom. The molecule has 0 unspecified atom stereocenters. The number of rotatable bonds is 10. The summed E-state index contributed by atoms with van der Waals surface area (Å²) in [7, 11) is 1.62. The van der Waals surface area contributed by atoms with Crippen LogP contribution in [0.25, 0.3) is 0 Å². The SMILES string of the molecule is COc1ccc(CCNC(=O)[C@@H](Cc2ccccc2)N(Cc2ccc(F)cc2)C(C)=O)cc1. The predicted molar refractivity (Wildman–Crippen MR) is 126 cm³/mol. The molecule has 1 atom stereocenters. The summed E-state index contributed by atoms with van der Waals surface area (Å²) in [6.07, 6.45) is 1.04. The van der Waals surface area contributed by atoms with Crippen molar-refractivity contribution >= 4 is 11.8 Å². The van der Waals surface area contributed by atoms with Crippen LogP contribution < -0.4 is 10.1 Å². The number of benzene rings is 3. The number of ether oxygens (including phenoxy) is 1. The zero-order chi connectivity index (χ0) is 23.6. The van der Waals surface area contributed by atoms with E-state index in [9.17, 15) is 14.0 Å². The molecular formula is C27H29FN2O3. The van der Waals surface area contributed by atoms with Crippen molar-refractivity contribution in [1.82, 2.24) is 10.2 Å². The third-order valence-electron chi connectivity index (χ3n) is 5.49. The monoisotopic (exact) mass is 448 g/mol. The first-order valence-corrected chi connectivity index (χ1v) is 10.9. The first-order chi connectivity index (χ1) is 16.0. The van der Waals surface area contributed by atoms with Crippen LogP contribution in [0.5, 0.6) is 5.75 Å². The summed E-state index contributed by atoms with van der Waals surface area (Å²) in [5.41, 5.74) is 2.79. The van der Waals surface area contributed by atoms with Crippen LogP contribution in [0.1, 0.15) is 23.6 Å². The zero-order valence-electron chi connectivity index (χ0n) is 19.0. The van der Waals surface area contributed by atoms with Crippen molar-refractivity contribution in [2.45, 2.75) is 32.4 Å². The van der Waals surface area contributed by atoms with E-state index in [1.807, 2.05) is 54.6 Å². The van der Waals surface area contributed by atoms with Crippen LogP contribution in [0.3, 0.4) is 0 Å². The average Bonchev–Trinajstić information content (AvgIpc) is 2.83. The quantitative estimate of drug-likeness (QED) is 0.507. The number of hydrogen-bond acceptors (Lipinski definition) is 3. The van der Waals surface area contributed by atoms with Gasteiger partial charge in [-0.15, -0.1) is 0 Å². The maximum Gasteiger partial charge on any atom is 0.243 e. The van der Waals surface area contributed by atoms with Gasteiger partial charge in [0.1, 0.15) is 17.6 Å². The fraction of sp³-hybridized carbons (Fsp3) is 0.259. The number of halogens is 1. The van der Waals surface area contributed by atoms with Crippen molar-refractivity contribution in [2.24, 2.45) is 0 Å². The van der Waals surface area contributed by atoms with Crippen LogP contribution in [-0.4, -0.2) is 36.4 Å². The van der Waals surface area contributed by atoms with E-state index < -0.39 is 6.04 Å². The first-order valence-electron chi connectivity index (χ1n) is 10.9. The highest BCUT2D eigenvalue weighted by Gasteiger charge is 2.28. The third kappa shape index (κ3) is 7.17. The zero-order valence-corrected chi connectivity index (χ0v) is 19.0. The minimum Gasteiger partial charge on any atom is -0.497 e. The second-order valence-electron chi connectivity index (χ2n) is 7.87. The van der Waals surface area contributed by atoms with Crippen LogP contribution in [-0.2, 0) is 29.0 Å². The molecule has 172 valence electrons. The number of nitrogens with one attached hydrogen (secondary N) is 1. The maximum atomic E-state index is 13.3. The van der Waals surface area contributed by atoms with Gasteiger partial charge in [-0.05, 0) is 47.4 Å². The Labute approximate surface area is 194 Å². The van der Waals surface area contributed by atoms with Gasteiger partial charge in [-0.3, -0.25) is 9.59 Å². The van der Waals surface area contributed by atoms with Gasteiger partial charge < -0.3 is 15.0 Å². The fourth-order valence-electron chi connectivity index (χ4n) is 3.65. The van der Waals surface area contributed by atoms with Crippen molar-refractivity contribution in [3.05, 3.63) is 101 Å². The average molecular weight is 449 g/mol. The van der Waals surface area contributed by atoms with Gasteiger partial charge in [-0.1, -0.05) is 54.6 Å². The molecule has 0 aliphatic rings. The summed E-state index contributed by atoms with van der Waals surface area (Å²) in [5, 5.41) is 2.99. The predicted octanol–water partition coefficient (Wildman–Crippen LogP) is 4.15. The molecule has 33 heavy (non-hydrogen) atoms. The summed E-state index contributed by atoms with van der Waals surface area (Å²) in [6.45, 7) is 2.11. The molecule has 0 heterocycles. The third-order valence-corrected chi connectivity index (χ3v) is 5.49. The van der Waals surface area contributed by atoms with Crippen LogP contribution in [0.4, 0.5) is 4.39 Å². The Balaban J connectivity index is 1.73. The lowest BCUT2D eigenvalue weighted by molar-refractivity contribution is -0.139. The molecule has 0 spiro atoms. The van der Waals surface area contributed by atoms with Gasteiger partial charge in [0.05, 0.1) is 7.11 Å². The summed E-state index contributed by atoms with van der Waals surface area (Å²) in [4.78, 5) is 27.4. The molecule has 0 radical (unpaired) electrons. The Morgan fingerprint density at radius 2 is 1.55 bits per heavy atom. The molecule has 0 aliphatic heterocycles. The molecule has 3 aromatic carbocycles. The smallest absolute Gasteiger partial charge is 0.243 e. The minimum absolute atomic E-state index is 0.217. The van der Waals surface area contributed by atoms with Gasteiger partial charge in [-0.2, -0.15) is 0 Å². The van der Waals surface area contributed by atoms with Crippen molar-refractivity contribution in [2.75, 3.05) is 13.7 Å². The second-order valence-corrected chi connectivity index (χ2v) is 7.87. The van der Waals surface area contributed by atoms with Gasteiger partial charge in [0.2, 0.25) is 11.8 Å². The van der Waals surface area contributed by atoms with Crippen LogP contribution >= 0.6 is 0 Å². The van der Waals surface area contributed by atoms with E-state index in [0.717, 1.165) is 22.4 Å². The van der Waals surface area contributed by atoms with Gasteiger partial charge in [-0.25, -0.2) is 4.39 Å². The molecule has 0 aromatic heterocycles. The normalized spacial score (nSPS) is 11.5. The topological polar surface area (TPSA) is 58.6 Å². The van der Waals surface area contributed by atoms with Crippen LogP contribution in [0.15, 0.2) is 78.9 Å². The molecule has 0 saturated carbocycles. The highest BCUT2D eigenvalue weighted by molar-refractivity contribution is 5.87. The van der Waals surface area contributed by atoms with E-state index >= 15 is 0 Å². The molecule has 0 aliphatic carbocycles. The van der Waals surface area contributed by atoms with E-state index in [1.165, 1.54) is 19.1 Å². The van der Waals surface area contributed by atoms with Gasteiger partial charge in [0.15, 0.2) is 0 Å². The molecular weight excluding hydrogens is 419 g/mol. The molecule has 0 fully saturated rings. The van der Waals surface area contributed by atoms with E-state index in [1.54, 1.807) is 24.1 Å². The summed E-state index contributed by atoms with van der Waals surface area (Å²) >= 11 is 0. The Hall–Kier alpha value is -3.67. The van der Waals surface area contributed by atoms with Gasteiger partial charge in [0.25, 0.3) is 0 Å². The number of nitrogens with zero attached hydrogens (tertiary/aromatic N) is 1. The van der Waals surface area contributed by atoms with Gasteiger partial charge in [0, 0.05) is 26.4 Å². The fourth-order valence-corrected chi connectivity index (χ4v) is 3.65. The van der Waals surface area contributed by atoms with Crippen LogP contribution in [0.2, 0.25) is 0 Å². The minimum atomic E-state index is -0.689. The molecule has 0 saturated heterocycles. The largest absolute Gasteiger partial charge is 0.497 e. The lowest BCUT2D eigenvalue weighted by Crippen LogP contribution is -2.50. The first kappa shape index (κ1) is 24.0. The number of methoxy groups -OCH3 is 1. The van der Waals surface area contributed by atoms with Crippen molar-refractivity contribution in [3.63, 3.8) is 0 Å². The van der Waals surface area contributed by atoms with E-state index in [0.29, 0.717) is 19.4 Å². The van der Waals surface area contributed by atoms with E-state index in [2.05, 4.69) is 5.32 Å². The standard InChI is InChI=1S/C27H29FN2O3/c1-20(31)30(19-23-8-12-24(28)13-9-23)26(18-22-6-4-3-5-7-22)27(32)29-17-16-21-10-14-25(33-2)15-11-21/h3-15,26H,16-19H2,1-2H3,(H,29,32)/t26-/m1/s1. The van der Waals surface area contributed by atoms with Crippen molar-refractivity contribution in [3.8, 4) is 5.75 Å². The van der Waals surface area contributed by atoms with Gasteiger partial charge >= 0.3 is 0 Å². The molecule has 1 N–H and O–H groups in total. The number of hydrogen-bond donors (Lipinski definition) is 1. The lowest BCUT2D eigenvalue weighted by Gasteiger charge is -2.30. The lowest BCUT2D eigenvalue weighted by atomic mass is 10.0. The summed E-state index contributed by atoms with van der Waals surface area (Å²) < 4.78 is 18.5. The molecule has 3 aromatic rings. The summed E-state index contributed by atoms with van der Waals surface area (Å²) in [5.74, 6) is 0.00377. The van der Waals surface area contributed by atoms with Crippen LogP contribution in [0, 0.1) is 5.82 Å². The molecule has 3 rings (SSSR count). The highest BCUT2D eigenvalue weighted by atomic mass is 19.1. The number of amides is 2. The van der Waals surface area contributed by atoms with E-state index in [4.69, 9.17) is 4.74 Å². The Kier molecular flexibility index (Phi) is 8.58. The van der Waals surface area contributed by atoms with Crippen molar-refractivity contribution < 1.29 is 18.7 Å². The number of carbonyl (C=O) groups excluding carboxylic acids is 2. The number of carbonyl (C=O) groups is 2. The second kappa shape index (κ2) is 11.8. The Bertz CT molecular complexity index is 1040. The maximum absolute atomic E-state index is 13.3. The summed E-state index contributed by atoms with van der Waals surface area (Å²) in [6, 6.07) is 22.6. The van der Waals surface area contributed by atoms with Crippen molar-refractivity contribution in [1.29, 1.82) is 0 Å². The molecule has 0 bridgehead atoms.